The van der Waals surface area contributed by atoms with Crippen LogP contribution in [0.5, 0.6) is 5.75 Å². The molecule has 1 aromatic heterocycles. The Morgan fingerprint density at radius 3 is 2.81 bits per heavy atom. The van der Waals surface area contributed by atoms with Gasteiger partial charge >= 0.3 is 5.69 Å². The first-order chi connectivity index (χ1) is 10.1. The van der Waals surface area contributed by atoms with Gasteiger partial charge in [-0.2, -0.15) is 5.26 Å². The van der Waals surface area contributed by atoms with Gasteiger partial charge in [-0.3, -0.25) is 10.1 Å². The van der Waals surface area contributed by atoms with Crippen molar-refractivity contribution in [3.05, 3.63) is 46.0 Å². The molecule has 0 bridgehead atoms. The van der Waals surface area contributed by atoms with Crippen molar-refractivity contribution in [2.75, 3.05) is 18.2 Å². The smallest absolute Gasteiger partial charge is 0.311 e. The van der Waals surface area contributed by atoms with Crippen LogP contribution >= 0.6 is 0 Å². The highest BCUT2D eigenvalue weighted by Gasteiger charge is 2.18. The van der Waals surface area contributed by atoms with E-state index in [1.807, 2.05) is 6.07 Å². The summed E-state index contributed by atoms with van der Waals surface area (Å²) in [6.45, 7) is 0. The Kier molecular flexibility index (Phi) is 3.85. The molecule has 3 N–H and O–H groups in total. The lowest BCUT2D eigenvalue weighted by Crippen LogP contribution is -2.04. The zero-order chi connectivity index (χ0) is 15.4. The molecule has 0 spiro atoms. The standard InChI is InChI=1S/C13H11N5O3/c1-21-10-4-2-3-8(7-14)12(10)17-13-9(18(19)20)5-6-11(15)16-13/h2-6H,1H3,(H3,15,16,17). The van der Waals surface area contributed by atoms with E-state index in [4.69, 9.17) is 15.7 Å². The van der Waals surface area contributed by atoms with Crippen LogP contribution in [-0.2, 0) is 0 Å². The maximum Gasteiger partial charge on any atom is 0.311 e. The number of hydrogen-bond acceptors (Lipinski definition) is 7. The molecule has 21 heavy (non-hydrogen) atoms. The Balaban J connectivity index is 2.55. The van der Waals surface area contributed by atoms with Crippen LogP contribution in [0.2, 0.25) is 0 Å². The molecule has 0 aliphatic rings. The Labute approximate surface area is 119 Å². The fraction of sp³-hybridized carbons (Fsp3) is 0.0769. The van der Waals surface area contributed by atoms with Gasteiger partial charge in [0.15, 0.2) is 0 Å². The van der Waals surface area contributed by atoms with Crippen LogP contribution in [0, 0.1) is 21.4 Å². The fourth-order valence-corrected chi connectivity index (χ4v) is 1.75. The monoisotopic (exact) mass is 285 g/mol. The molecule has 0 aliphatic heterocycles. The van der Waals surface area contributed by atoms with Gasteiger partial charge < -0.3 is 15.8 Å². The van der Waals surface area contributed by atoms with Crippen LogP contribution in [0.3, 0.4) is 0 Å². The zero-order valence-corrected chi connectivity index (χ0v) is 11.0. The average molecular weight is 285 g/mol. The van der Waals surface area contributed by atoms with Crippen molar-refractivity contribution in [3.8, 4) is 11.8 Å². The predicted octanol–water partition coefficient (Wildman–Crippen LogP) is 2.20. The molecule has 0 amide bonds. The van der Waals surface area contributed by atoms with Gasteiger partial charge in [-0.25, -0.2) is 4.98 Å². The minimum Gasteiger partial charge on any atom is -0.495 e. The minimum atomic E-state index is -0.587. The van der Waals surface area contributed by atoms with Crippen LogP contribution in [0.15, 0.2) is 30.3 Å². The molecule has 0 atom stereocenters. The van der Waals surface area contributed by atoms with Crippen molar-refractivity contribution in [1.29, 1.82) is 5.26 Å². The molecule has 1 aromatic carbocycles. The summed E-state index contributed by atoms with van der Waals surface area (Å²) < 4.78 is 5.15. The van der Waals surface area contributed by atoms with E-state index in [9.17, 15) is 10.1 Å². The number of nitriles is 1. The van der Waals surface area contributed by atoms with E-state index in [2.05, 4.69) is 10.3 Å². The second-order valence-electron chi connectivity index (χ2n) is 3.98. The van der Waals surface area contributed by atoms with Crippen molar-refractivity contribution >= 4 is 23.0 Å². The largest absolute Gasteiger partial charge is 0.495 e. The normalized spacial score (nSPS) is 9.71. The van der Waals surface area contributed by atoms with Crippen molar-refractivity contribution < 1.29 is 9.66 Å². The number of nitro groups is 1. The molecular weight excluding hydrogens is 274 g/mol. The number of nitrogens with two attached hydrogens (primary N) is 1. The predicted molar refractivity (Wildman–Crippen MR) is 76.3 cm³/mol. The van der Waals surface area contributed by atoms with Gasteiger partial charge in [-0.1, -0.05) is 6.07 Å². The number of nitrogens with zero attached hydrogens (tertiary/aromatic N) is 3. The molecule has 8 nitrogen and oxygen atoms in total. The molecular formula is C13H11N5O3. The first kappa shape index (κ1) is 14.1. The number of hydrogen-bond donors (Lipinski definition) is 2. The summed E-state index contributed by atoms with van der Waals surface area (Å²) in [4.78, 5) is 14.3. The van der Waals surface area contributed by atoms with E-state index >= 15 is 0 Å². The lowest BCUT2D eigenvalue weighted by molar-refractivity contribution is -0.384. The van der Waals surface area contributed by atoms with Crippen LogP contribution in [0.25, 0.3) is 0 Å². The fourth-order valence-electron chi connectivity index (χ4n) is 1.75. The molecule has 2 rings (SSSR count). The number of para-hydroxylation sites is 1. The van der Waals surface area contributed by atoms with E-state index in [1.165, 1.54) is 19.2 Å². The molecule has 1 heterocycles. The number of methoxy groups -OCH3 is 1. The van der Waals surface area contributed by atoms with E-state index in [0.717, 1.165) is 0 Å². The lowest BCUT2D eigenvalue weighted by atomic mass is 10.1. The van der Waals surface area contributed by atoms with Gasteiger partial charge in [0.2, 0.25) is 5.82 Å². The highest BCUT2D eigenvalue weighted by molar-refractivity contribution is 5.75. The topological polar surface area (TPSA) is 127 Å². The quantitative estimate of drug-likeness (QED) is 0.651. The molecule has 0 aliphatic carbocycles. The minimum absolute atomic E-state index is 0.0546. The third-order valence-corrected chi connectivity index (χ3v) is 2.70. The van der Waals surface area contributed by atoms with Crippen molar-refractivity contribution in [1.82, 2.24) is 4.98 Å². The van der Waals surface area contributed by atoms with Gasteiger partial charge in [0.1, 0.15) is 23.3 Å². The van der Waals surface area contributed by atoms with Crippen molar-refractivity contribution in [3.63, 3.8) is 0 Å². The van der Waals surface area contributed by atoms with E-state index in [1.54, 1.807) is 18.2 Å². The number of benzene rings is 1. The molecule has 0 unspecified atom stereocenters. The first-order valence-corrected chi connectivity index (χ1v) is 5.82. The van der Waals surface area contributed by atoms with Crippen LogP contribution < -0.4 is 15.8 Å². The van der Waals surface area contributed by atoms with Gasteiger partial charge in [0.25, 0.3) is 0 Å². The highest BCUT2D eigenvalue weighted by Crippen LogP contribution is 2.33. The summed E-state index contributed by atoms with van der Waals surface area (Å²) in [5.41, 5.74) is 5.87. The molecule has 8 heteroatoms. The highest BCUT2D eigenvalue weighted by atomic mass is 16.6. The first-order valence-electron chi connectivity index (χ1n) is 5.82. The number of anilines is 3. The van der Waals surface area contributed by atoms with Gasteiger partial charge in [-0.15, -0.1) is 0 Å². The number of rotatable bonds is 4. The van der Waals surface area contributed by atoms with Gasteiger partial charge in [0, 0.05) is 6.07 Å². The SMILES string of the molecule is COc1cccc(C#N)c1Nc1nc(N)ccc1[N+](=O)[O-]. The molecule has 2 aromatic rings. The lowest BCUT2D eigenvalue weighted by Gasteiger charge is -2.12. The number of ether oxygens (including phenoxy) is 1. The molecule has 0 fully saturated rings. The maximum atomic E-state index is 11.0. The average Bonchev–Trinajstić information content (AvgIpc) is 2.47. The Morgan fingerprint density at radius 1 is 1.43 bits per heavy atom. The number of nitrogen functional groups attached to an aromatic ring is 1. The summed E-state index contributed by atoms with van der Waals surface area (Å²) in [6.07, 6.45) is 0. The zero-order valence-electron chi connectivity index (χ0n) is 11.0. The third kappa shape index (κ3) is 2.82. The van der Waals surface area contributed by atoms with Crippen molar-refractivity contribution in [2.45, 2.75) is 0 Å². The molecule has 0 radical (unpaired) electrons. The van der Waals surface area contributed by atoms with Gasteiger partial charge in [-0.05, 0) is 18.2 Å². The number of pyridine rings is 1. The third-order valence-electron chi connectivity index (χ3n) is 2.70. The summed E-state index contributed by atoms with van der Waals surface area (Å²) in [5.74, 6) is 0.435. The molecule has 0 saturated carbocycles. The van der Waals surface area contributed by atoms with E-state index < -0.39 is 4.92 Å². The Hall–Kier alpha value is -3.34. The summed E-state index contributed by atoms with van der Waals surface area (Å²) >= 11 is 0. The van der Waals surface area contributed by atoms with Crippen LogP contribution in [0.1, 0.15) is 5.56 Å². The molecule has 0 saturated heterocycles. The number of nitrogens with one attached hydrogen (secondary N) is 1. The Morgan fingerprint density at radius 2 is 2.19 bits per heavy atom. The summed E-state index contributed by atoms with van der Waals surface area (Å²) in [5, 5.41) is 22.9. The van der Waals surface area contributed by atoms with Crippen LogP contribution in [-0.4, -0.2) is 17.0 Å². The second kappa shape index (κ2) is 5.75. The summed E-state index contributed by atoms with van der Waals surface area (Å²) in [6, 6.07) is 9.38. The number of aromatic nitrogens is 1. The Bertz CT molecular complexity index is 739. The van der Waals surface area contributed by atoms with E-state index in [-0.39, 0.29) is 22.9 Å². The van der Waals surface area contributed by atoms with E-state index in [0.29, 0.717) is 11.4 Å². The van der Waals surface area contributed by atoms with Crippen LogP contribution in [0.4, 0.5) is 23.0 Å². The van der Waals surface area contributed by atoms with Crippen molar-refractivity contribution in [2.24, 2.45) is 0 Å². The second-order valence-corrected chi connectivity index (χ2v) is 3.98. The maximum absolute atomic E-state index is 11.0. The summed E-state index contributed by atoms with van der Waals surface area (Å²) in [7, 11) is 1.43. The van der Waals surface area contributed by atoms with Gasteiger partial charge in [0.05, 0.1) is 17.6 Å². The molecule has 106 valence electrons.